The summed E-state index contributed by atoms with van der Waals surface area (Å²) in [5.74, 6) is 0.282. The molecule has 1 heterocycles. The normalized spacial score (nSPS) is 10.8. The molecule has 170 valence electrons. The molecular formula is C23H21BrClN5O2S. The molecule has 7 nitrogen and oxygen atoms in total. The van der Waals surface area contributed by atoms with Gasteiger partial charge >= 0.3 is 0 Å². The van der Waals surface area contributed by atoms with Gasteiger partial charge in [-0.2, -0.15) is 0 Å². The van der Waals surface area contributed by atoms with Crippen molar-refractivity contribution in [3.63, 3.8) is 0 Å². The number of anilines is 1. The molecule has 0 saturated heterocycles. The minimum absolute atomic E-state index is 0.157. The lowest BCUT2D eigenvalue weighted by Crippen LogP contribution is -2.23. The molecule has 0 aliphatic heterocycles. The third-order valence-electron chi connectivity index (χ3n) is 4.31. The average Bonchev–Trinajstić information content (AvgIpc) is 3.19. The van der Waals surface area contributed by atoms with E-state index in [1.165, 1.54) is 17.8 Å². The van der Waals surface area contributed by atoms with Crippen molar-refractivity contribution < 1.29 is 9.59 Å². The number of halogens is 2. The molecule has 0 aliphatic rings. The Morgan fingerprint density at radius 2 is 1.91 bits per heavy atom. The van der Waals surface area contributed by atoms with E-state index in [9.17, 15) is 9.59 Å². The van der Waals surface area contributed by atoms with Gasteiger partial charge in [-0.15, -0.1) is 16.8 Å². The van der Waals surface area contributed by atoms with E-state index in [2.05, 4.69) is 43.3 Å². The molecule has 0 atom stereocenters. The fourth-order valence-corrected chi connectivity index (χ4v) is 3.96. The molecule has 33 heavy (non-hydrogen) atoms. The van der Waals surface area contributed by atoms with Gasteiger partial charge in [0, 0.05) is 27.8 Å². The third kappa shape index (κ3) is 7.59. The Hall–Kier alpha value is -2.88. The summed E-state index contributed by atoms with van der Waals surface area (Å²) in [6.07, 6.45) is 4.77. The van der Waals surface area contributed by atoms with Crippen LogP contribution in [0.15, 0.2) is 76.9 Å². The van der Waals surface area contributed by atoms with Gasteiger partial charge in [-0.05, 0) is 42.0 Å². The molecule has 0 bridgehead atoms. The summed E-state index contributed by atoms with van der Waals surface area (Å²) in [6, 6.07) is 14.6. The van der Waals surface area contributed by atoms with Gasteiger partial charge in [0.15, 0.2) is 11.0 Å². The number of benzene rings is 2. The number of nitrogens with zero attached hydrogens (tertiary/aromatic N) is 3. The lowest BCUT2D eigenvalue weighted by atomic mass is 10.2. The van der Waals surface area contributed by atoms with E-state index >= 15 is 0 Å². The number of carbonyl (C=O) groups is 2. The van der Waals surface area contributed by atoms with Crippen molar-refractivity contribution in [1.82, 2.24) is 20.1 Å². The maximum atomic E-state index is 12.3. The van der Waals surface area contributed by atoms with E-state index in [1.807, 2.05) is 47.0 Å². The van der Waals surface area contributed by atoms with Crippen LogP contribution in [0.25, 0.3) is 6.08 Å². The Labute approximate surface area is 209 Å². The first-order valence-electron chi connectivity index (χ1n) is 9.88. The second kappa shape index (κ2) is 12.4. The molecule has 3 aromatic rings. The molecule has 2 aromatic carbocycles. The van der Waals surface area contributed by atoms with Crippen molar-refractivity contribution in [3.05, 3.63) is 88.1 Å². The van der Waals surface area contributed by atoms with Crippen molar-refractivity contribution in [1.29, 1.82) is 0 Å². The fourth-order valence-electron chi connectivity index (χ4n) is 2.73. The maximum absolute atomic E-state index is 12.3. The summed E-state index contributed by atoms with van der Waals surface area (Å²) in [4.78, 5) is 24.5. The number of amides is 2. The largest absolute Gasteiger partial charge is 0.345 e. The molecule has 2 N–H and O–H groups in total. The van der Waals surface area contributed by atoms with Gasteiger partial charge in [0.05, 0.1) is 12.3 Å². The quantitative estimate of drug-likeness (QED) is 0.214. The zero-order valence-electron chi connectivity index (χ0n) is 17.5. The molecule has 0 fully saturated rings. The first-order chi connectivity index (χ1) is 16.0. The molecule has 0 aliphatic carbocycles. The van der Waals surface area contributed by atoms with E-state index in [0.717, 1.165) is 10.0 Å². The van der Waals surface area contributed by atoms with Crippen molar-refractivity contribution in [2.45, 2.75) is 18.2 Å². The van der Waals surface area contributed by atoms with Gasteiger partial charge in [-0.25, -0.2) is 0 Å². The summed E-state index contributed by atoms with van der Waals surface area (Å²) in [7, 11) is 0. The topological polar surface area (TPSA) is 88.9 Å². The Balaban J connectivity index is 1.56. The van der Waals surface area contributed by atoms with E-state index < -0.39 is 0 Å². The van der Waals surface area contributed by atoms with Crippen molar-refractivity contribution in [3.8, 4) is 0 Å². The van der Waals surface area contributed by atoms with E-state index in [-0.39, 0.29) is 24.1 Å². The van der Waals surface area contributed by atoms with Crippen molar-refractivity contribution in [2.24, 2.45) is 0 Å². The van der Waals surface area contributed by atoms with Crippen LogP contribution < -0.4 is 10.6 Å². The molecule has 0 radical (unpaired) electrons. The molecular weight excluding hydrogens is 526 g/mol. The van der Waals surface area contributed by atoms with Crippen molar-refractivity contribution in [2.75, 3.05) is 11.1 Å². The van der Waals surface area contributed by atoms with Crippen LogP contribution in [-0.2, 0) is 22.7 Å². The van der Waals surface area contributed by atoms with Gasteiger partial charge in [-0.3, -0.25) is 9.59 Å². The van der Waals surface area contributed by atoms with E-state index in [0.29, 0.717) is 28.2 Å². The Kier molecular flexibility index (Phi) is 9.29. The highest BCUT2D eigenvalue weighted by Gasteiger charge is 2.14. The van der Waals surface area contributed by atoms with Crippen LogP contribution in [0.3, 0.4) is 0 Å². The summed E-state index contributed by atoms with van der Waals surface area (Å²) >= 11 is 10.7. The number of rotatable bonds is 10. The molecule has 3 rings (SSSR count). The van der Waals surface area contributed by atoms with E-state index in [4.69, 9.17) is 11.6 Å². The number of thioether (sulfide) groups is 1. The SMILES string of the molecule is C=CCn1c(CNC(=O)/C=C/c2ccccc2Cl)nnc1SCC(=O)Nc1ccc(Br)cc1. The van der Waals surface area contributed by atoms with Crippen LogP contribution in [0.1, 0.15) is 11.4 Å². The Morgan fingerprint density at radius 1 is 1.15 bits per heavy atom. The average molecular weight is 547 g/mol. The molecule has 10 heteroatoms. The number of allylic oxidation sites excluding steroid dienone is 1. The Morgan fingerprint density at radius 3 is 2.64 bits per heavy atom. The fraction of sp³-hybridized carbons (Fsp3) is 0.130. The lowest BCUT2D eigenvalue weighted by Gasteiger charge is -2.08. The summed E-state index contributed by atoms with van der Waals surface area (Å²) in [6.45, 7) is 4.39. The molecule has 1 aromatic heterocycles. The minimum Gasteiger partial charge on any atom is -0.345 e. The van der Waals surface area contributed by atoms with Gasteiger partial charge in [0.2, 0.25) is 11.8 Å². The molecule has 0 saturated carbocycles. The standard InChI is InChI=1S/C23H21BrClN5O2S/c1-2-13-30-20(14-26-21(31)12-7-16-5-3-4-6-19(16)25)28-29-23(30)33-15-22(32)27-18-10-8-17(24)9-11-18/h2-12H,1,13-15H2,(H,26,31)(H,27,32)/b12-7+. The monoisotopic (exact) mass is 545 g/mol. The van der Waals surface area contributed by atoms with Crippen LogP contribution in [0.5, 0.6) is 0 Å². The summed E-state index contributed by atoms with van der Waals surface area (Å²) in [5, 5.41) is 15.1. The van der Waals surface area contributed by atoms with Crippen LogP contribution in [0.4, 0.5) is 5.69 Å². The molecule has 0 unspecified atom stereocenters. The number of hydrogen-bond donors (Lipinski definition) is 2. The predicted molar refractivity (Wildman–Crippen MR) is 136 cm³/mol. The number of nitrogens with one attached hydrogen (secondary N) is 2. The van der Waals surface area contributed by atoms with Gasteiger partial charge in [0.25, 0.3) is 0 Å². The summed E-state index contributed by atoms with van der Waals surface area (Å²) in [5.41, 5.74) is 1.47. The Bertz CT molecular complexity index is 1160. The van der Waals surface area contributed by atoms with E-state index in [1.54, 1.807) is 18.2 Å². The van der Waals surface area contributed by atoms with Crippen LogP contribution >= 0.6 is 39.3 Å². The predicted octanol–water partition coefficient (Wildman–Crippen LogP) is 4.94. The van der Waals surface area contributed by atoms with Gasteiger partial charge in [0.1, 0.15) is 0 Å². The van der Waals surface area contributed by atoms with Gasteiger partial charge < -0.3 is 15.2 Å². The minimum atomic E-state index is -0.286. The molecule has 2 amide bonds. The van der Waals surface area contributed by atoms with Crippen LogP contribution in [0.2, 0.25) is 5.02 Å². The molecule has 0 spiro atoms. The van der Waals surface area contributed by atoms with Crippen LogP contribution in [0, 0.1) is 0 Å². The maximum Gasteiger partial charge on any atom is 0.244 e. The highest BCUT2D eigenvalue weighted by Crippen LogP contribution is 2.19. The second-order valence-electron chi connectivity index (χ2n) is 6.71. The highest BCUT2D eigenvalue weighted by molar-refractivity contribution is 9.10. The highest BCUT2D eigenvalue weighted by atomic mass is 79.9. The number of aromatic nitrogens is 3. The smallest absolute Gasteiger partial charge is 0.244 e. The number of hydrogen-bond acceptors (Lipinski definition) is 5. The second-order valence-corrected chi connectivity index (χ2v) is 8.98. The lowest BCUT2D eigenvalue weighted by molar-refractivity contribution is -0.116. The third-order valence-corrected chi connectivity index (χ3v) is 6.15. The van der Waals surface area contributed by atoms with Crippen molar-refractivity contribution >= 4 is 62.9 Å². The first kappa shape index (κ1) is 24.8. The number of carbonyl (C=O) groups excluding carboxylic acids is 2. The van der Waals surface area contributed by atoms with Gasteiger partial charge in [-0.1, -0.05) is 63.6 Å². The summed E-state index contributed by atoms with van der Waals surface area (Å²) < 4.78 is 2.74. The first-order valence-corrected chi connectivity index (χ1v) is 12.0. The zero-order valence-corrected chi connectivity index (χ0v) is 20.7. The van der Waals surface area contributed by atoms with Crippen LogP contribution in [-0.4, -0.2) is 32.3 Å². The zero-order chi connectivity index (χ0) is 23.6.